The van der Waals surface area contributed by atoms with Crippen LogP contribution in [0.4, 0.5) is 0 Å². The van der Waals surface area contributed by atoms with Gasteiger partial charge in [0.25, 0.3) is 0 Å². The summed E-state index contributed by atoms with van der Waals surface area (Å²) in [5.74, 6) is 1.21. The van der Waals surface area contributed by atoms with E-state index in [4.69, 9.17) is 0 Å². The van der Waals surface area contributed by atoms with Crippen molar-refractivity contribution in [2.75, 3.05) is 7.05 Å². The summed E-state index contributed by atoms with van der Waals surface area (Å²) in [6.45, 7) is 2.04. The minimum atomic E-state index is 0.200. The van der Waals surface area contributed by atoms with Crippen LogP contribution < -0.4 is 5.32 Å². The Kier molecular flexibility index (Phi) is 4.26. The third-order valence-corrected chi connectivity index (χ3v) is 3.11. The van der Waals surface area contributed by atoms with E-state index < -0.39 is 0 Å². The molecule has 0 aromatic carbocycles. The average molecular weight is 183 g/mol. The first-order valence-electron chi connectivity index (χ1n) is 5.45. The second-order valence-electron chi connectivity index (χ2n) is 4.26. The van der Waals surface area contributed by atoms with E-state index in [-0.39, 0.29) is 11.8 Å². The lowest BCUT2D eigenvalue weighted by Crippen LogP contribution is -2.27. The minimum Gasteiger partial charge on any atom is -0.359 e. The van der Waals surface area contributed by atoms with Crippen molar-refractivity contribution in [2.45, 2.75) is 45.4 Å². The second kappa shape index (κ2) is 5.25. The Balaban J connectivity index is 2.25. The fourth-order valence-electron chi connectivity index (χ4n) is 2.28. The summed E-state index contributed by atoms with van der Waals surface area (Å²) in [5.41, 5.74) is 0. The van der Waals surface area contributed by atoms with E-state index in [0.717, 1.165) is 12.3 Å². The van der Waals surface area contributed by atoms with Gasteiger partial charge < -0.3 is 5.32 Å². The fraction of sp³-hybridized carbons (Fsp3) is 0.909. The zero-order chi connectivity index (χ0) is 9.68. The maximum atomic E-state index is 11.3. The Morgan fingerprint density at radius 1 is 1.38 bits per heavy atom. The van der Waals surface area contributed by atoms with E-state index >= 15 is 0 Å². The molecule has 0 heterocycles. The first-order valence-corrected chi connectivity index (χ1v) is 5.45. The molecule has 1 aliphatic carbocycles. The highest BCUT2D eigenvalue weighted by Gasteiger charge is 2.19. The van der Waals surface area contributed by atoms with E-state index in [1.807, 2.05) is 6.92 Å². The lowest BCUT2D eigenvalue weighted by molar-refractivity contribution is -0.124. The van der Waals surface area contributed by atoms with Gasteiger partial charge in [0, 0.05) is 13.0 Å². The third-order valence-electron chi connectivity index (χ3n) is 3.11. The summed E-state index contributed by atoms with van der Waals surface area (Å²) >= 11 is 0. The molecule has 1 saturated carbocycles. The normalized spacial score (nSPS) is 21.1. The van der Waals surface area contributed by atoms with Gasteiger partial charge >= 0.3 is 0 Å². The molecule has 1 N–H and O–H groups in total. The lowest BCUT2D eigenvalue weighted by Gasteiger charge is -2.23. The summed E-state index contributed by atoms with van der Waals surface area (Å²) in [4.78, 5) is 11.3. The molecule has 13 heavy (non-hydrogen) atoms. The molecule has 1 fully saturated rings. The average Bonchev–Trinajstić information content (AvgIpc) is 2.18. The molecular formula is C11H21NO. The van der Waals surface area contributed by atoms with Gasteiger partial charge in [-0.3, -0.25) is 4.79 Å². The zero-order valence-corrected chi connectivity index (χ0v) is 8.81. The standard InChI is InChI=1S/C11H21NO/c1-9(11(13)12-2)8-10-6-4-3-5-7-10/h9-10H,3-8H2,1-2H3,(H,12,13)/t9-/m0/s1. The van der Waals surface area contributed by atoms with E-state index in [9.17, 15) is 4.79 Å². The molecule has 0 spiro atoms. The highest BCUT2D eigenvalue weighted by atomic mass is 16.1. The minimum absolute atomic E-state index is 0.200. The molecule has 1 atom stereocenters. The van der Waals surface area contributed by atoms with Crippen LogP contribution in [0.3, 0.4) is 0 Å². The molecule has 1 rings (SSSR count). The molecule has 0 bridgehead atoms. The maximum absolute atomic E-state index is 11.3. The Labute approximate surface area is 81.1 Å². The summed E-state index contributed by atoms with van der Waals surface area (Å²) in [6.07, 6.45) is 7.88. The monoisotopic (exact) mass is 183 g/mol. The molecule has 2 heteroatoms. The van der Waals surface area contributed by atoms with Crippen LogP contribution in [0.25, 0.3) is 0 Å². The number of nitrogens with one attached hydrogen (secondary N) is 1. The Morgan fingerprint density at radius 2 is 2.00 bits per heavy atom. The number of hydrogen-bond acceptors (Lipinski definition) is 1. The molecular weight excluding hydrogens is 162 g/mol. The topological polar surface area (TPSA) is 29.1 Å². The van der Waals surface area contributed by atoms with Crippen molar-refractivity contribution in [2.24, 2.45) is 11.8 Å². The van der Waals surface area contributed by atoms with Gasteiger partial charge in [-0.05, 0) is 12.3 Å². The van der Waals surface area contributed by atoms with Crippen molar-refractivity contribution in [1.82, 2.24) is 5.32 Å². The molecule has 0 aliphatic heterocycles. The first-order chi connectivity index (χ1) is 6.24. The molecule has 0 saturated heterocycles. The molecule has 1 aliphatic rings. The predicted molar refractivity (Wildman–Crippen MR) is 54.4 cm³/mol. The van der Waals surface area contributed by atoms with Gasteiger partial charge in [0.2, 0.25) is 5.91 Å². The number of carbonyl (C=O) groups is 1. The smallest absolute Gasteiger partial charge is 0.222 e. The van der Waals surface area contributed by atoms with Gasteiger partial charge in [0.15, 0.2) is 0 Å². The molecule has 2 nitrogen and oxygen atoms in total. The number of carbonyl (C=O) groups excluding carboxylic acids is 1. The summed E-state index contributed by atoms with van der Waals surface area (Å²) in [7, 11) is 1.72. The third kappa shape index (κ3) is 3.37. The van der Waals surface area contributed by atoms with E-state index in [1.54, 1.807) is 7.05 Å². The fourth-order valence-corrected chi connectivity index (χ4v) is 2.28. The van der Waals surface area contributed by atoms with Gasteiger partial charge in [-0.2, -0.15) is 0 Å². The van der Waals surface area contributed by atoms with Crippen LogP contribution in [0, 0.1) is 11.8 Å². The van der Waals surface area contributed by atoms with Gasteiger partial charge in [-0.1, -0.05) is 39.0 Å². The second-order valence-corrected chi connectivity index (χ2v) is 4.26. The number of amides is 1. The SMILES string of the molecule is CNC(=O)[C@@H](C)CC1CCCCC1. The predicted octanol–water partition coefficient (Wildman–Crippen LogP) is 2.34. The van der Waals surface area contributed by atoms with Crippen molar-refractivity contribution in [3.63, 3.8) is 0 Å². The first kappa shape index (κ1) is 10.6. The van der Waals surface area contributed by atoms with Gasteiger partial charge in [0.05, 0.1) is 0 Å². The lowest BCUT2D eigenvalue weighted by atomic mass is 9.83. The van der Waals surface area contributed by atoms with Crippen LogP contribution in [0.15, 0.2) is 0 Å². The summed E-state index contributed by atoms with van der Waals surface area (Å²) in [6, 6.07) is 0. The maximum Gasteiger partial charge on any atom is 0.222 e. The van der Waals surface area contributed by atoms with Crippen LogP contribution in [-0.2, 0) is 4.79 Å². The quantitative estimate of drug-likeness (QED) is 0.715. The van der Waals surface area contributed by atoms with Crippen molar-refractivity contribution in [1.29, 1.82) is 0 Å². The van der Waals surface area contributed by atoms with Gasteiger partial charge in [-0.25, -0.2) is 0 Å². The molecule has 76 valence electrons. The van der Waals surface area contributed by atoms with Crippen LogP contribution in [0.2, 0.25) is 0 Å². The summed E-state index contributed by atoms with van der Waals surface area (Å²) < 4.78 is 0. The largest absolute Gasteiger partial charge is 0.359 e. The van der Waals surface area contributed by atoms with Crippen LogP contribution in [0.1, 0.15) is 45.4 Å². The molecule has 0 aromatic heterocycles. The highest BCUT2D eigenvalue weighted by Crippen LogP contribution is 2.28. The number of rotatable bonds is 3. The molecule has 0 unspecified atom stereocenters. The summed E-state index contributed by atoms with van der Waals surface area (Å²) in [5, 5.41) is 2.72. The highest BCUT2D eigenvalue weighted by molar-refractivity contribution is 5.77. The van der Waals surface area contributed by atoms with Gasteiger partial charge in [0.1, 0.15) is 0 Å². The molecule has 1 amide bonds. The zero-order valence-electron chi connectivity index (χ0n) is 8.81. The Morgan fingerprint density at radius 3 is 2.54 bits per heavy atom. The molecule has 0 aromatic rings. The number of hydrogen-bond donors (Lipinski definition) is 1. The van der Waals surface area contributed by atoms with E-state index in [2.05, 4.69) is 5.32 Å². The molecule has 0 radical (unpaired) electrons. The van der Waals surface area contributed by atoms with Crippen molar-refractivity contribution >= 4 is 5.91 Å². The Hall–Kier alpha value is -0.530. The van der Waals surface area contributed by atoms with Crippen molar-refractivity contribution < 1.29 is 4.79 Å². The van der Waals surface area contributed by atoms with Crippen LogP contribution in [0.5, 0.6) is 0 Å². The van der Waals surface area contributed by atoms with Gasteiger partial charge in [-0.15, -0.1) is 0 Å². The van der Waals surface area contributed by atoms with Crippen LogP contribution >= 0.6 is 0 Å². The van der Waals surface area contributed by atoms with Crippen molar-refractivity contribution in [3.05, 3.63) is 0 Å². The Bertz CT molecular complexity index is 161. The van der Waals surface area contributed by atoms with E-state index in [0.29, 0.717) is 0 Å². The van der Waals surface area contributed by atoms with Crippen molar-refractivity contribution in [3.8, 4) is 0 Å². The van der Waals surface area contributed by atoms with E-state index in [1.165, 1.54) is 32.1 Å². The van der Waals surface area contributed by atoms with Crippen LogP contribution in [-0.4, -0.2) is 13.0 Å².